The Morgan fingerprint density at radius 1 is 0.400 bits per heavy atom. The third-order valence-corrected chi connectivity index (χ3v) is 31.4. The van der Waals surface area contributed by atoms with Crippen LogP contribution >= 0.6 is 193 Å². The Hall–Kier alpha value is -7.10. The van der Waals surface area contributed by atoms with Gasteiger partial charge in [0.25, 0.3) is 13.3 Å². The number of esters is 3. The third-order valence-electron chi connectivity index (χ3n) is 15.8. The predicted octanol–water partition coefficient (Wildman–Crippen LogP) is 25.8. The molecule has 0 amide bonds. The summed E-state index contributed by atoms with van der Waals surface area (Å²) >= 11 is 31.1. The summed E-state index contributed by atoms with van der Waals surface area (Å²) in [4.78, 5) is 32.8. The first-order valence-electron chi connectivity index (χ1n) is 36.3. The van der Waals surface area contributed by atoms with Gasteiger partial charge in [0.05, 0.1) is 97.1 Å². The Kier molecular flexibility index (Phi) is 44.3. The summed E-state index contributed by atoms with van der Waals surface area (Å²) < 4.78 is 254. The molecule has 3 aromatic carbocycles. The van der Waals surface area contributed by atoms with Gasteiger partial charge >= 0.3 is 74.8 Å². The molecule has 0 fully saturated rings. The monoisotopic (exact) mass is 2190 g/mol. The number of aliphatic hydroxyl groups excluding tert-OH is 1. The summed E-state index contributed by atoms with van der Waals surface area (Å²) in [7, 11) is 0.954. The van der Waals surface area contributed by atoms with Gasteiger partial charge in [-0.1, -0.05) is 19.7 Å². The maximum absolute atomic E-state index is 15.3. The average molecular weight is 2190 g/mol. The standard InChI is InChI=1S/C36H28F4O6S3.C12H5BF4O3S3.C12H2Cl2F4S3.C12H13IO3.C8H2S3.C2ClF3.BHO.2Li.2H2/c1-3-29(41)45-17-5-15-43-23-11-7-21(8-12-23)31(37)33(39)25-19-27-35(48-25)36-28(47-27)20-26(49-36)34(40)32(38)22-9-13-24(14-10-22)44-16-6-18-46-30(42)4-2;14-7(11(16)13(19)20)3-1-5-9(22-3)10-6(21-5)2-4(23-10)8(15)12(17)18;13-11(17)7(15)3-1-5-9(20-3)10-6(19-5)2-4(21-10)8(16)12(14)18;1-2-12(14)16-9-3-8-15-11-6-4-10(13)5-7-11;1-3-9-7-5(1)11-6-2-4-10-8(6)7;3-1(4)2(5)6;1-2;;;;/h3-4,7-14,19-20H,1-2,5-6,15-18H2;1-2,18-20H;1-2H;2,4-7H,1,3,8-9H2;1-2H;;2H;;;2*1H/q;;;;-2;;;2*+1;;/b33-31+,34-32+;11-7+,12-8-;11-7+,12-8+;;;;;;;;/i;;;;;;;;;1+2D;1+2. The van der Waals surface area contributed by atoms with E-state index in [1.54, 1.807) is 34.8 Å². The summed E-state index contributed by atoms with van der Waals surface area (Å²) in [6.07, 6.45) is 2.38. The van der Waals surface area contributed by atoms with E-state index in [4.69, 9.17) is 74.8 Å². The van der Waals surface area contributed by atoms with Gasteiger partial charge in [-0.15, -0.1) is 122 Å². The molecule has 12 aromatic heterocycles. The van der Waals surface area contributed by atoms with Crippen molar-refractivity contribution in [1.29, 1.82) is 0 Å². The molecule has 12 heterocycles. The zero-order valence-electron chi connectivity index (χ0n) is 68.0. The molecule has 0 saturated heterocycles. The van der Waals surface area contributed by atoms with Crippen molar-refractivity contribution in [2.45, 2.75) is 19.3 Å². The second kappa shape index (κ2) is 53.3. The second-order valence-corrected chi connectivity index (χ2v) is 38.7. The van der Waals surface area contributed by atoms with Crippen LogP contribution in [0.4, 0.5) is 65.9 Å². The van der Waals surface area contributed by atoms with E-state index in [1.165, 1.54) is 118 Å². The minimum absolute atomic E-state index is 0. The van der Waals surface area contributed by atoms with Crippen LogP contribution in [0.5, 0.6) is 17.2 Å². The molecule has 15 aromatic rings. The van der Waals surface area contributed by atoms with Crippen LogP contribution in [-0.4, -0.2) is 92.9 Å². The van der Waals surface area contributed by atoms with Crippen molar-refractivity contribution in [3.63, 3.8) is 0 Å². The molecule has 0 aliphatic heterocycles. The van der Waals surface area contributed by atoms with Crippen molar-refractivity contribution < 1.29 is 171 Å². The van der Waals surface area contributed by atoms with Crippen LogP contribution in [0.1, 0.15) is 64.0 Å². The van der Waals surface area contributed by atoms with E-state index >= 15 is 17.6 Å². The second-order valence-electron chi connectivity index (χ2n) is 24.1. The van der Waals surface area contributed by atoms with E-state index in [9.17, 15) is 62.7 Å². The molecule has 0 unspecified atom stereocenters. The number of aliphatic hydroxyl groups is 1. The Bertz CT molecular complexity index is 6430. The van der Waals surface area contributed by atoms with Gasteiger partial charge in [-0.25, -0.2) is 49.5 Å². The average Bonchev–Trinajstić information content (AvgIpc) is 1.61. The van der Waals surface area contributed by atoms with Gasteiger partial charge < -0.3 is 71.3 Å². The summed E-state index contributed by atoms with van der Waals surface area (Å²) in [6.45, 7) is 11.7. The number of carbonyl (C=O) groups is 3. The van der Waals surface area contributed by atoms with Gasteiger partial charge in [0.15, 0.2) is 46.5 Å². The molecule has 130 heavy (non-hydrogen) atoms. The van der Waals surface area contributed by atoms with Gasteiger partial charge in [-0.05, 0) is 167 Å². The molecule has 13 nitrogen and oxygen atoms in total. The summed E-state index contributed by atoms with van der Waals surface area (Å²) in [5.74, 6) is -8.89. The molecule has 0 bridgehead atoms. The van der Waals surface area contributed by atoms with Crippen molar-refractivity contribution in [2.75, 3.05) is 39.6 Å². The van der Waals surface area contributed by atoms with Crippen molar-refractivity contribution in [3.05, 3.63) is 248 Å². The van der Waals surface area contributed by atoms with Crippen LogP contribution in [0.3, 0.4) is 0 Å². The summed E-state index contributed by atoms with van der Waals surface area (Å²) in [5, 5.41) is 33.9. The Balaban J connectivity index is 0.000000311. The number of rotatable bonds is 27. The van der Waals surface area contributed by atoms with Crippen LogP contribution in [0.15, 0.2) is 193 Å². The van der Waals surface area contributed by atoms with Gasteiger partial charge in [0.1, 0.15) is 17.2 Å². The van der Waals surface area contributed by atoms with Crippen molar-refractivity contribution in [1.82, 2.24) is 0 Å². The Morgan fingerprint density at radius 2 is 0.662 bits per heavy atom. The molecule has 0 atom stereocenters. The molecule has 0 saturated carbocycles. The minimum atomic E-state index is -2.55. The van der Waals surface area contributed by atoms with E-state index < -0.39 is 105 Å². The van der Waals surface area contributed by atoms with E-state index in [-0.39, 0.29) is 106 Å². The molecule has 674 valence electrons. The van der Waals surface area contributed by atoms with Crippen molar-refractivity contribution in [3.8, 4) is 17.2 Å². The fraction of sp³-hybridized carbons (Fsp3) is 0.110. The molecule has 0 aliphatic rings. The predicted molar refractivity (Wildman–Crippen MR) is 511 cm³/mol. The third kappa shape index (κ3) is 30.0. The van der Waals surface area contributed by atoms with Crippen LogP contribution in [-0.2, 0) is 28.6 Å². The minimum Gasteiger partial charge on any atom is -0.493 e. The molecule has 0 aliphatic carbocycles. The van der Waals surface area contributed by atoms with Gasteiger partial charge in [-0.3, -0.25) is 11.3 Å². The number of ether oxygens (including phenoxy) is 6. The fourth-order valence-electron chi connectivity index (χ4n) is 10.1. The zero-order chi connectivity index (χ0) is 95.3. The van der Waals surface area contributed by atoms with Crippen LogP contribution in [0.2, 0.25) is 0 Å². The first-order valence-corrected chi connectivity index (χ1v) is 47.3. The molecule has 0 spiro atoms. The van der Waals surface area contributed by atoms with Crippen molar-refractivity contribution >= 4 is 348 Å². The molecule has 4 N–H and O–H groups in total. The molecular weight excluding hydrogens is 2130 g/mol. The number of thiophene rings is 12. The van der Waals surface area contributed by atoms with Gasteiger partial charge in [0.2, 0.25) is 16.4 Å². The molecular formula is C82H55B2Cl3F15ILi2O13S12. The van der Waals surface area contributed by atoms with E-state index in [0.29, 0.717) is 91.0 Å². The Morgan fingerprint density at radius 3 is 0.923 bits per heavy atom. The van der Waals surface area contributed by atoms with Crippen LogP contribution in [0, 0.1) is 14.3 Å². The van der Waals surface area contributed by atoms with E-state index in [1.807, 2.05) is 35.6 Å². The number of carbonyl (C=O) groups excluding carboxylic acids is 3. The van der Waals surface area contributed by atoms with Gasteiger partial charge in [-0.2, -0.15) is 52.3 Å². The van der Waals surface area contributed by atoms with E-state index in [2.05, 4.69) is 84.9 Å². The van der Waals surface area contributed by atoms with E-state index in [0.717, 1.165) is 113 Å². The summed E-state index contributed by atoms with van der Waals surface area (Å²) in [6, 6.07) is 30.4. The number of hydrogen-bond donors (Lipinski definition) is 4. The largest absolute Gasteiger partial charge is 1.00 e. The molecule has 2 radical (unpaired) electrons. The number of hydrogen-bond acceptors (Lipinski definition) is 25. The van der Waals surface area contributed by atoms with Crippen LogP contribution < -0.4 is 51.9 Å². The van der Waals surface area contributed by atoms with Crippen LogP contribution in [0.25, 0.3) is 122 Å². The zero-order valence-corrected chi connectivity index (χ0v) is 80.2. The quantitative estimate of drug-likeness (QED) is 0.00439. The maximum atomic E-state index is 15.3. The number of benzene rings is 3. The molecule has 48 heteroatoms. The fourth-order valence-corrected chi connectivity index (χ4v) is 25.6. The topological polar surface area (TPSA) is 188 Å². The maximum Gasteiger partial charge on any atom is 1.00 e. The summed E-state index contributed by atoms with van der Waals surface area (Å²) in [5.41, 5.74) is -1.64. The first-order chi connectivity index (χ1) is 62.2. The first kappa shape index (κ1) is 108. The SMILES string of the molecule is C=CC(=O)OCCCOc1ccc(/C(F)=C(\F)c2cc3sc4cc(/C(F)=C(\F)c5ccc(OCCCOC(=O)C=C)cc5)sc4c3s2)cc1.C=CC(=O)OCCCOc1ccc(I)cc1.F/C(Cl)=C(/F)c1cc2sc3cc(/C(F)=C(\F)Cl)sc3c2s1.FC(F)=C(F)Cl.OB(O)/C(F)=C(\F)c1cc2sc3cc(/C(F)=C(/O)F)sc3c2s1.[2H][3H].[3HH].[B]O.[Li+].[Li+].[c-]1cc2sc3c[c-]sc3c2s1. The molecule has 15 rings (SSSR count). The normalized spacial score (nSPS) is 12.2. The number of halogens is 19. The Labute approximate surface area is 834 Å². The smallest absolute Gasteiger partial charge is 0.493 e. The van der Waals surface area contributed by atoms with Gasteiger partial charge in [0, 0.05) is 84.8 Å². The van der Waals surface area contributed by atoms with Crippen molar-refractivity contribution in [2.24, 2.45) is 0 Å². The number of fused-ring (bicyclic) bond motifs is 12.